The first kappa shape index (κ1) is 13.1. The third-order valence-corrected chi connectivity index (χ3v) is 3.79. The summed E-state index contributed by atoms with van der Waals surface area (Å²) in [6.07, 6.45) is 2.78. The van der Waals surface area contributed by atoms with Gasteiger partial charge in [-0.2, -0.15) is 5.10 Å². The summed E-state index contributed by atoms with van der Waals surface area (Å²) in [5.74, 6) is 0. The molecule has 5 nitrogen and oxygen atoms in total. The highest BCUT2D eigenvalue weighted by Crippen LogP contribution is 2.19. The standard InChI is InChI=1S/C14H17N5S/c1-4-11-12-13(18(3)17-11)19(14(20)16-12)8-10-6-5-9(2)15-7-10/h5-7H,4,8H2,1-3H3,(H,16,20). The van der Waals surface area contributed by atoms with Crippen LogP contribution in [0.3, 0.4) is 0 Å². The number of aromatic amines is 1. The molecule has 3 heterocycles. The highest BCUT2D eigenvalue weighted by Gasteiger charge is 2.14. The Bertz CT molecular complexity index is 807. The molecule has 0 aromatic carbocycles. The summed E-state index contributed by atoms with van der Waals surface area (Å²) in [5, 5.41) is 4.53. The molecule has 0 bridgehead atoms. The first-order chi connectivity index (χ1) is 9.60. The first-order valence-corrected chi connectivity index (χ1v) is 7.07. The third kappa shape index (κ3) is 2.06. The number of rotatable bonds is 3. The van der Waals surface area contributed by atoms with E-state index in [2.05, 4.69) is 32.6 Å². The maximum atomic E-state index is 5.44. The summed E-state index contributed by atoms with van der Waals surface area (Å²) in [6, 6.07) is 4.10. The van der Waals surface area contributed by atoms with Crippen molar-refractivity contribution in [3.63, 3.8) is 0 Å². The Balaban J connectivity index is 2.11. The Kier molecular flexibility index (Phi) is 3.17. The van der Waals surface area contributed by atoms with Crippen LogP contribution in [0, 0.1) is 11.7 Å². The number of aryl methyl sites for hydroxylation is 3. The van der Waals surface area contributed by atoms with E-state index >= 15 is 0 Å². The second kappa shape index (κ2) is 4.86. The van der Waals surface area contributed by atoms with E-state index in [-0.39, 0.29) is 0 Å². The van der Waals surface area contributed by atoms with E-state index in [1.165, 1.54) is 0 Å². The van der Waals surface area contributed by atoms with E-state index < -0.39 is 0 Å². The quantitative estimate of drug-likeness (QED) is 0.754. The molecule has 0 aliphatic heterocycles. The van der Waals surface area contributed by atoms with Crippen LogP contribution in [-0.2, 0) is 20.0 Å². The number of nitrogens with zero attached hydrogens (tertiary/aromatic N) is 4. The molecule has 0 unspecified atom stereocenters. The zero-order valence-corrected chi connectivity index (χ0v) is 12.7. The Morgan fingerprint density at radius 2 is 2.15 bits per heavy atom. The molecule has 3 aromatic rings. The van der Waals surface area contributed by atoms with Crippen LogP contribution in [0.2, 0.25) is 0 Å². The Morgan fingerprint density at radius 1 is 1.35 bits per heavy atom. The fourth-order valence-corrected chi connectivity index (χ4v) is 2.70. The van der Waals surface area contributed by atoms with E-state index in [0.717, 1.165) is 39.3 Å². The maximum Gasteiger partial charge on any atom is 0.179 e. The lowest BCUT2D eigenvalue weighted by Crippen LogP contribution is -2.04. The molecule has 0 amide bonds. The van der Waals surface area contributed by atoms with Crippen LogP contribution in [-0.4, -0.2) is 24.3 Å². The molecule has 3 aromatic heterocycles. The smallest absolute Gasteiger partial charge is 0.179 e. The minimum Gasteiger partial charge on any atom is -0.328 e. The van der Waals surface area contributed by atoms with E-state index in [4.69, 9.17) is 12.2 Å². The van der Waals surface area contributed by atoms with Crippen molar-refractivity contribution in [3.8, 4) is 0 Å². The van der Waals surface area contributed by atoms with Gasteiger partial charge in [-0.25, -0.2) is 0 Å². The second-order valence-corrected chi connectivity index (χ2v) is 5.33. The van der Waals surface area contributed by atoms with E-state index in [1.54, 1.807) is 0 Å². The molecule has 0 aliphatic rings. The highest BCUT2D eigenvalue weighted by atomic mass is 32.1. The molecule has 0 aliphatic carbocycles. The monoisotopic (exact) mass is 287 g/mol. The van der Waals surface area contributed by atoms with Crippen molar-refractivity contribution in [2.45, 2.75) is 26.8 Å². The molecule has 104 valence electrons. The second-order valence-electron chi connectivity index (χ2n) is 4.95. The van der Waals surface area contributed by atoms with Crippen molar-refractivity contribution in [1.82, 2.24) is 24.3 Å². The lowest BCUT2D eigenvalue weighted by Gasteiger charge is -2.05. The van der Waals surface area contributed by atoms with E-state index in [0.29, 0.717) is 6.54 Å². The minimum atomic E-state index is 0.703. The van der Waals surface area contributed by atoms with Gasteiger partial charge in [-0.3, -0.25) is 14.2 Å². The number of imidazole rings is 1. The summed E-state index contributed by atoms with van der Waals surface area (Å²) < 4.78 is 4.69. The number of hydrogen-bond donors (Lipinski definition) is 1. The number of pyridine rings is 1. The van der Waals surface area contributed by atoms with Crippen molar-refractivity contribution in [2.24, 2.45) is 7.05 Å². The van der Waals surface area contributed by atoms with Gasteiger partial charge in [0.15, 0.2) is 10.4 Å². The third-order valence-electron chi connectivity index (χ3n) is 3.47. The number of aromatic nitrogens is 5. The van der Waals surface area contributed by atoms with Crippen LogP contribution < -0.4 is 0 Å². The van der Waals surface area contributed by atoms with Gasteiger partial charge < -0.3 is 4.98 Å². The largest absolute Gasteiger partial charge is 0.328 e. The van der Waals surface area contributed by atoms with Gasteiger partial charge in [0.1, 0.15) is 5.52 Å². The van der Waals surface area contributed by atoms with Gasteiger partial charge in [-0.05, 0) is 37.2 Å². The number of H-pyrrole nitrogens is 1. The van der Waals surface area contributed by atoms with Crippen LogP contribution in [0.25, 0.3) is 11.2 Å². The van der Waals surface area contributed by atoms with E-state index in [9.17, 15) is 0 Å². The maximum absolute atomic E-state index is 5.44. The fraction of sp³-hybridized carbons (Fsp3) is 0.357. The molecule has 0 spiro atoms. The zero-order valence-electron chi connectivity index (χ0n) is 11.8. The topological polar surface area (TPSA) is 51.4 Å². The summed E-state index contributed by atoms with van der Waals surface area (Å²) >= 11 is 5.44. The minimum absolute atomic E-state index is 0.703. The molecule has 0 fully saturated rings. The molecule has 3 rings (SSSR count). The van der Waals surface area contributed by atoms with Gasteiger partial charge in [0.05, 0.1) is 12.2 Å². The van der Waals surface area contributed by atoms with Crippen molar-refractivity contribution in [1.29, 1.82) is 0 Å². The molecule has 1 N–H and O–H groups in total. The fourth-order valence-electron chi connectivity index (χ4n) is 2.45. The molecule has 0 radical (unpaired) electrons. The van der Waals surface area contributed by atoms with Crippen LogP contribution >= 0.6 is 12.2 Å². The van der Waals surface area contributed by atoms with E-state index in [1.807, 2.05) is 30.9 Å². The molecule has 20 heavy (non-hydrogen) atoms. The summed E-state index contributed by atoms with van der Waals surface area (Å²) in [6.45, 7) is 4.78. The van der Waals surface area contributed by atoms with Crippen LogP contribution in [0.1, 0.15) is 23.9 Å². The Morgan fingerprint density at radius 3 is 2.80 bits per heavy atom. The number of fused-ring (bicyclic) bond motifs is 1. The molecule has 0 atom stereocenters. The first-order valence-electron chi connectivity index (χ1n) is 6.66. The lowest BCUT2D eigenvalue weighted by atomic mass is 10.2. The number of nitrogens with one attached hydrogen (secondary N) is 1. The summed E-state index contributed by atoms with van der Waals surface area (Å²) in [4.78, 5) is 7.61. The summed E-state index contributed by atoms with van der Waals surface area (Å²) in [5.41, 5.74) is 5.28. The predicted molar refractivity (Wildman–Crippen MR) is 81.3 cm³/mol. The lowest BCUT2D eigenvalue weighted by molar-refractivity contribution is 0.708. The Hall–Kier alpha value is -1.95. The van der Waals surface area contributed by atoms with Gasteiger partial charge in [0.2, 0.25) is 0 Å². The average molecular weight is 287 g/mol. The highest BCUT2D eigenvalue weighted by molar-refractivity contribution is 7.71. The predicted octanol–water partition coefficient (Wildman–Crippen LogP) is 2.75. The normalized spacial score (nSPS) is 11.3. The van der Waals surface area contributed by atoms with Gasteiger partial charge in [0.25, 0.3) is 0 Å². The number of hydrogen-bond acceptors (Lipinski definition) is 3. The van der Waals surface area contributed by atoms with Crippen molar-refractivity contribution in [3.05, 3.63) is 40.1 Å². The van der Waals surface area contributed by atoms with Gasteiger partial charge in [-0.1, -0.05) is 13.0 Å². The zero-order chi connectivity index (χ0) is 14.3. The van der Waals surface area contributed by atoms with Crippen LogP contribution in [0.5, 0.6) is 0 Å². The Labute approximate surface area is 122 Å². The van der Waals surface area contributed by atoms with Crippen LogP contribution in [0.4, 0.5) is 0 Å². The van der Waals surface area contributed by atoms with Crippen LogP contribution in [0.15, 0.2) is 18.3 Å². The summed E-state index contributed by atoms with van der Waals surface area (Å²) in [7, 11) is 1.95. The molecule has 0 saturated carbocycles. The molecule has 6 heteroatoms. The van der Waals surface area contributed by atoms with Gasteiger partial charge >= 0.3 is 0 Å². The average Bonchev–Trinajstić information content (AvgIpc) is 2.91. The van der Waals surface area contributed by atoms with Gasteiger partial charge in [0, 0.05) is 18.9 Å². The van der Waals surface area contributed by atoms with Crippen molar-refractivity contribution < 1.29 is 0 Å². The molecular formula is C14H17N5S. The molecule has 0 saturated heterocycles. The van der Waals surface area contributed by atoms with Gasteiger partial charge in [-0.15, -0.1) is 0 Å². The van der Waals surface area contributed by atoms with Crippen molar-refractivity contribution in [2.75, 3.05) is 0 Å². The molecular weight excluding hydrogens is 270 g/mol. The van der Waals surface area contributed by atoms with Crippen molar-refractivity contribution >= 4 is 23.4 Å². The SMILES string of the molecule is CCc1nn(C)c2c1[nH]c(=S)n2Cc1ccc(C)nc1.